The molecule has 1 saturated carbocycles. The van der Waals surface area contributed by atoms with Crippen molar-refractivity contribution < 1.29 is 24.5 Å². The van der Waals surface area contributed by atoms with Crippen LogP contribution in [0.25, 0.3) is 44.5 Å². The Bertz CT molecular complexity index is 2140. The van der Waals surface area contributed by atoms with Gasteiger partial charge in [0.05, 0.1) is 5.58 Å². The Balaban J connectivity index is 0.000000203. The van der Waals surface area contributed by atoms with E-state index in [-0.39, 0.29) is 25.5 Å². The second-order valence-electron chi connectivity index (χ2n) is 17.8. The maximum Gasteiger partial charge on any atom is 0.120 e. The van der Waals surface area contributed by atoms with Crippen LogP contribution in [0.15, 0.2) is 83.5 Å². The molecule has 1 radical (unpaired) electrons. The molecule has 0 saturated heterocycles. The minimum atomic E-state index is -1.91. The summed E-state index contributed by atoms with van der Waals surface area (Å²) >= 11 is -1.91. The number of rotatable bonds is 8. The second kappa shape index (κ2) is 17.2. The van der Waals surface area contributed by atoms with Crippen LogP contribution in [0.3, 0.4) is 0 Å². The average Bonchev–Trinajstić information content (AvgIpc) is 3.75. The smallest absolute Gasteiger partial charge is 0.120 e. The van der Waals surface area contributed by atoms with Crippen molar-refractivity contribution in [3.8, 4) is 22.5 Å². The minimum Gasteiger partial charge on any atom is -0.501 e. The number of hydrogen-bond donors (Lipinski definition) is 0. The van der Waals surface area contributed by atoms with E-state index in [4.69, 9.17) is 14.4 Å². The maximum atomic E-state index is 6.22. The molecule has 0 N–H and O–H groups in total. The molecular formula is C48H58GeIrN2O-2. The molecule has 0 bridgehead atoms. The van der Waals surface area contributed by atoms with Crippen LogP contribution in [0, 0.1) is 24.0 Å². The van der Waals surface area contributed by atoms with Gasteiger partial charge in [0.1, 0.15) is 5.58 Å². The molecule has 0 atom stereocenters. The van der Waals surface area contributed by atoms with E-state index in [9.17, 15) is 0 Å². The van der Waals surface area contributed by atoms with Gasteiger partial charge in [-0.25, -0.2) is 0 Å². The van der Waals surface area contributed by atoms with E-state index in [1.54, 1.807) is 4.40 Å². The minimum absolute atomic E-state index is 0. The van der Waals surface area contributed by atoms with Crippen molar-refractivity contribution in [2.24, 2.45) is 11.8 Å². The van der Waals surface area contributed by atoms with Crippen molar-refractivity contribution in [2.75, 3.05) is 0 Å². The van der Waals surface area contributed by atoms with Gasteiger partial charge < -0.3 is 9.40 Å². The van der Waals surface area contributed by atoms with Crippen LogP contribution in [0.5, 0.6) is 0 Å². The number of furan rings is 1. The molecule has 281 valence electrons. The van der Waals surface area contributed by atoms with Gasteiger partial charge in [-0.15, -0.1) is 18.2 Å². The number of benzene rings is 3. The normalized spacial score (nSPS) is 13.8. The average molecular weight is 944 g/mol. The van der Waals surface area contributed by atoms with Crippen molar-refractivity contribution in [3.05, 3.63) is 114 Å². The number of nitrogens with zero attached hydrogens (tertiary/aromatic N) is 2. The Morgan fingerprint density at radius 2 is 1.49 bits per heavy atom. The molecule has 3 nitrogen and oxygen atoms in total. The zero-order chi connectivity index (χ0) is 37.2. The van der Waals surface area contributed by atoms with Crippen molar-refractivity contribution in [1.29, 1.82) is 0 Å². The molecule has 3 heterocycles. The summed E-state index contributed by atoms with van der Waals surface area (Å²) in [4.78, 5) is 9.66. The van der Waals surface area contributed by atoms with E-state index in [0.717, 1.165) is 56.8 Å². The van der Waals surface area contributed by atoms with Gasteiger partial charge in [-0.2, -0.15) is 0 Å². The predicted octanol–water partition coefficient (Wildman–Crippen LogP) is 12.9. The number of aromatic nitrogens is 2. The maximum absolute atomic E-state index is 6.22. The molecular weight excluding hydrogens is 885 g/mol. The monoisotopic (exact) mass is 945 g/mol. The standard InChI is InChI=1S/C26H26NO.C22H32GeN.Ir/c1-17(2)23-16-27-24(15-19(23)14-18-8-3-4-9-18)22-12-7-11-21-20-10-5-6-13-25(20)28-26(21)22;1-16(2)12-18-14-21(24-15-20(18)23(6,7)8)17-10-9-11-19(13-17)22(3,4)5;/h5-7,10-11,13,15-18H,3-4,8-9,14H2,1-2H3;9,11,13-16H,12H2,1-8H3;/q2*-1;. The Morgan fingerprint density at radius 3 is 2.17 bits per heavy atom. The van der Waals surface area contributed by atoms with Crippen molar-refractivity contribution in [1.82, 2.24) is 9.97 Å². The van der Waals surface area contributed by atoms with Gasteiger partial charge in [-0.05, 0) is 41.1 Å². The summed E-state index contributed by atoms with van der Waals surface area (Å²) in [6.45, 7) is 15.9. The van der Waals surface area contributed by atoms with E-state index >= 15 is 0 Å². The van der Waals surface area contributed by atoms with Crippen LogP contribution in [0.1, 0.15) is 102 Å². The van der Waals surface area contributed by atoms with E-state index < -0.39 is 13.3 Å². The first-order valence-corrected chi connectivity index (χ1v) is 26.9. The van der Waals surface area contributed by atoms with Crippen molar-refractivity contribution in [2.45, 2.75) is 116 Å². The topological polar surface area (TPSA) is 38.9 Å². The fourth-order valence-electron chi connectivity index (χ4n) is 7.76. The number of para-hydroxylation sites is 1. The summed E-state index contributed by atoms with van der Waals surface area (Å²) in [6, 6.07) is 30.2. The Hall–Kier alpha value is -3.05. The molecule has 0 spiro atoms. The Labute approximate surface area is 335 Å². The van der Waals surface area contributed by atoms with Gasteiger partial charge in [-0.3, -0.25) is 0 Å². The quantitative estimate of drug-likeness (QED) is 0.113. The molecule has 6 aromatic rings. The van der Waals surface area contributed by atoms with Crippen LogP contribution < -0.4 is 4.40 Å². The SMILES string of the molecule is CC(C)Cc1cc(-c2[c-]ccc(C(C)(C)C)c2)nc[c]1[Ge]([CH3])([CH3])[CH3].CC(C)c1cnc(-c2[c-]ccc3c2oc2ccccc23)cc1CC1CCCC1.[Ir]. The summed E-state index contributed by atoms with van der Waals surface area (Å²) in [6.07, 6.45) is 12.0. The number of pyridine rings is 2. The number of fused-ring (bicyclic) bond motifs is 3. The van der Waals surface area contributed by atoms with E-state index in [2.05, 4.69) is 133 Å². The third kappa shape index (κ3) is 9.80. The summed E-state index contributed by atoms with van der Waals surface area (Å²) in [5.41, 5.74) is 11.7. The van der Waals surface area contributed by atoms with E-state index in [1.165, 1.54) is 54.4 Å². The van der Waals surface area contributed by atoms with E-state index in [1.807, 2.05) is 24.3 Å². The van der Waals surface area contributed by atoms with Crippen molar-refractivity contribution >= 4 is 39.6 Å². The molecule has 0 aliphatic heterocycles. The van der Waals surface area contributed by atoms with Gasteiger partial charge in [0.25, 0.3) is 0 Å². The summed E-state index contributed by atoms with van der Waals surface area (Å²) < 4.78 is 7.76. The van der Waals surface area contributed by atoms with Crippen LogP contribution >= 0.6 is 0 Å². The third-order valence-electron chi connectivity index (χ3n) is 10.6. The molecule has 5 heteroatoms. The second-order valence-corrected chi connectivity index (χ2v) is 28.4. The summed E-state index contributed by atoms with van der Waals surface area (Å²) in [7, 11) is 0. The van der Waals surface area contributed by atoms with E-state index in [0.29, 0.717) is 11.8 Å². The number of hydrogen-bond acceptors (Lipinski definition) is 3. The Morgan fingerprint density at radius 1 is 0.811 bits per heavy atom. The first kappa shape index (κ1) is 41.1. The molecule has 0 unspecified atom stereocenters. The van der Waals surface area contributed by atoms with Crippen LogP contribution in [0.2, 0.25) is 17.3 Å². The van der Waals surface area contributed by atoms with Gasteiger partial charge in [0.15, 0.2) is 0 Å². The fourth-order valence-corrected chi connectivity index (χ4v) is 11.1. The molecule has 1 aliphatic rings. The molecule has 0 amide bonds. The molecule has 1 fully saturated rings. The fraction of sp³-hybridized carbons (Fsp3) is 0.417. The molecule has 53 heavy (non-hydrogen) atoms. The largest absolute Gasteiger partial charge is 0.501 e. The van der Waals surface area contributed by atoms with Crippen LogP contribution in [-0.4, -0.2) is 23.2 Å². The Kier molecular flexibility index (Phi) is 13.3. The first-order valence-electron chi connectivity index (χ1n) is 19.5. The van der Waals surface area contributed by atoms with Gasteiger partial charge >= 0.3 is 151 Å². The molecule has 3 aromatic carbocycles. The molecule has 3 aromatic heterocycles. The van der Waals surface area contributed by atoms with Gasteiger partial charge in [0.2, 0.25) is 0 Å². The molecule has 1 aliphatic carbocycles. The zero-order valence-corrected chi connectivity index (χ0v) is 38.1. The van der Waals surface area contributed by atoms with Gasteiger partial charge in [-0.1, -0.05) is 74.7 Å². The predicted molar refractivity (Wildman–Crippen MR) is 224 cm³/mol. The summed E-state index contributed by atoms with van der Waals surface area (Å²) in [5, 5.41) is 2.29. The third-order valence-corrected chi connectivity index (χ3v) is 14.9. The zero-order valence-electron chi connectivity index (χ0n) is 33.6. The molecule has 7 rings (SSSR count). The van der Waals surface area contributed by atoms with Crippen molar-refractivity contribution in [3.63, 3.8) is 0 Å². The first-order chi connectivity index (χ1) is 24.7. The summed E-state index contributed by atoms with van der Waals surface area (Å²) in [5.74, 6) is 9.32. The van der Waals surface area contributed by atoms with Crippen LogP contribution in [-0.2, 0) is 38.4 Å². The van der Waals surface area contributed by atoms with Crippen LogP contribution in [0.4, 0.5) is 0 Å². The van der Waals surface area contributed by atoms with Gasteiger partial charge in [0, 0.05) is 31.7 Å².